The third-order valence-electron chi connectivity index (χ3n) is 3.03. The molecule has 7 heteroatoms. The number of phenolic OH excluding ortho intramolecular Hbond substituents is 1. The number of nitrogens with zero attached hydrogens (tertiary/aromatic N) is 5. The van der Waals surface area contributed by atoms with Crippen LogP contribution in [-0.2, 0) is 14.1 Å². The lowest BCUT2D eigenvalue weighted by molar-refractivity contribution is 0.476. The van der Waals surface area contributed by atoms with Gasteiger partial charge in [-0.1, -0.05) is 0 Å². The molecule has 0 radical (unpaired) electrons. The predicted molar refractivity (Wildman–Crippen MR) is 68.6 cm³/mol. The minimum atomic E-state index is -0.161. The molecule has 2 aromatic heterocycles. The van der Waals surface area contributed by atoms with Crippen LogP contribution in [0.4, 0.5) is 0 Å². The summed E-state index contributed by atoms with van der Waals surface area (Å²) in [6.07, 6.45) is 1.66. The Morgan fingerprint density at radius 3 is 2.74 bits per heavy atom. The summed E-state index contributed by atoms with van der Waals surface area (Å²) in [5.41, 5.74) is 0.920. The Balaban J connectivity index is 2.41. The maximum Gasteiger partial charge on any atom is 0.200 e. The number of fused-ring (bicyclic) bond motifs is 1. The highest BCUT2D eigenvalue weighted by Gasteiger charge is 2.14. The van der Waals surface area contributed by atoms with Crippen LogP contribution in [0.5, 0.6) is 5.75 Å². The van der Waals surface area contributed by atoms with E-state index in [2.05, 4.69) is 15.5 Å². The van der Waals surface area contributed by atoms with Crippen LogP contribution < -0.4 is 5.43 Å². The molecule has 0 aliphatic heterocycles. The van der Waals surface area contributed by atoms with E-state index in [0.717, 1.165) is 0 Å². The van der Waals surface area contributed by atoms with Crippen LogP contribution in [-0.4, -0.2) is 29.9 Å². The third-order valence-corrected chi connectivity index (χ3v) is 3.03. The lowest BCUT2D eigenvalue weighted by Gasteiger charge is -2.08. The van der Waals surface area contributed by atoms with E-state index in [1.807, 2.05) is 0 Å². The molecule has 0 bridgehead atoms. The fraction of sp³-hybridized carbons (Fsp3) is 0.167. The van der Waals surface area contributed by atoms with E-state index in [9.17, 15) is 9.90 Å². The molecule has 0 saturated carbocycles. The standard InChI is InChI=1S/C12H11N5O2/c1-16-6-9(12-13-14-15-17(12)2)11(19)8-4-3-7(18)5-10(8)16/h3-6,18H,1-2H3. The van der Waals surface area contributed by atoms with Crippen LogP contribution in [0.15, 0.2) is 29.2 Å². The van der Waals surface area contributed by atoms with Crippen LogP contribution in [0.3, 0.4) is 0 Å². The molecule has 3 aromatic rings. The number of aromatic hydroxyl groups is 1. The number of phenols is 1. The molecule has 0 saturated heterocycles. The molecule has 1 N–H and O–H groups in total. The van der Waals surface area contributed by atoms with Gasteiger partial charge in [0.15, 0.2) is 11.3 Å². The summed E-state index contributed by atoms with van der Waals surface area (Å²) >= 11 is 0. The number of aromatic nitrogens is 5. The van der Waals surface area contributed by atoms with Crippen LogP contribution in [0.25, 0.3) is 22.3 Å². The Bertz CT molecular complexity index is 834. The monoisotopic (exact) mass is 257 g/mol. The number of benzene rings is 1. The van der Waals surface area contributed by atoms with Crippen LogP contribution in [0.2, 0.25) is 0 Å². The van der Waals surface area contributed by atoms with Crippen molar-refractivity contribution in [2.24, 2.45) is 14.1 Å². The summed E-state index contributed by atoms with van der Waals surface area (Å²) in [6.45, 7) is 0. The van der Waals surface area contributed by atoms with E-state index in [1.165, 1.54) is 10.7 Å². The third kappa shape index (κ3) is 1.67. The first-order chi connectivity index (χ1) is 9.08. The van der Waals surface area contributed by atoms with Gasteiger partial charge < -0.3 is 9.67 Å². The topological polar surface area (TPSA) is 85.8 Å². The largest absolute Gasteiger partial charge is 0.508 e. The molecule has 1 aromatic carbocycles. The van der Waals surface area contributed by atoms with Crippen molar-refractivity contribution in [3.63, 3.8) is 0 Å². The molecule has 3 rings (SSSR count). The maximum atomic E-state index is 12.4. The summed E-state index contributed by atoms with van der Waals surface area (Å²) < 4.78 is 3.21. The smallest absolute Gasteiger partial charge is 0.200 e. The van der Waals surface area contributed by atoms with E-state index < -0.39 is 0 Å². The van der Waals surface area contributed by atoms with Crippen molar-refractivity contribution in [2.45, 2.75) is 0 Å². The molecule has 96 valence electrons. The zero-order valence-corrected chi connectivity index (χ0v) is 10.4. The van der Waals surface area contributed by atoms with Gasteiger partial charge in [-0.05, 0) is 22.6 Å². The van der Waals surface area contributed by atoms with Gasteiger partial charge in [0.05, 0.1) is 11.1 Å². The van der Waals surface area contributed by atoms with Gasteiger partial charge in [0.1, 0.15) is 5.75 Å². The van der Waals surface area contributed by atoms with Gasteiger partial charge >= 0.3 is 0 Å². The highest BCUT2D eigenvalue weighted by atomic mass is 16.3. The van der Waals surface area contributed by atoms with Crippen molar-refractivity contribution in [3.8, 4) is 17.1 Å². The summed E-state index contributed by atoms with van der Waals surface area (Å²) in [5.74, 6) is 0.533. The molecular formula is C12H11N5O2. The van der Waals surface area contributed by atoms with Gasteiger partial charge in [-0.3, -0.25) is 4.79 Å². The lowest BCUT2D eigenvalue weighted by atomic mass is 10.1. The summed E-state index contributed by atoms with van der Waals surface area (Å²) in [7, 11) is 3.48. The first kappa shape index (κ1) is 11.4. The average molecular weight is 257 g/mol. The minimum Gasteiger partial charge on any atom is -0.508 e. The first-order valence-corrected chi connectivity index (χ1v) is 5.63. The second-order valence-corrected chi connectivity index (χ2v) is 4.31. The second-order valence-electron chi connectivity index (χ2n) is 4.31. The second kappa shape index (κ2) is 3.91. The number of hydrogen-bond donors (Lipinski definition) is 1. The van der Waals surface area contributed by atoms with Crippen molar-refractivity contribution in [2.75, 3.05) is 0 Å². The van der Waals surface area contributed by atoms with Crippen molar-refractivity contribution in [1.29, 1.82) is 0 Å². The quantitative estimate of drug-likeness (QED) is 0.683. The molecule has 0 unspecified atom stereocenters. The van der Waals surface area contributed by atoms with Crippen molar-refractivity contribution in [3.05, 3.63) is 34.6 Å². The average Bonchev–Trinajstić information content (AvgIpc) is 2.80. The van der Waals surface area contributed by atoms with Crippen molar-refractivity contribution < 1.29 is 5.11 Å². The zero-order valence-electron chi connectivity index (χ0n) is 10.4. The van der Waals surface area contributed by atoms with Gasteiger partial charge in [-0.2, -0.15) is 0 Å². The van der Waals surface area contributed by atoms with E-state index in [-0.39, 0.29) is 11.2 Å². The number of hydrogen-bond acceptors (Lipinski definition) is 5. The van der Waals surface area contributed by atoms with Gasteiger partial charge in [-0.15, -0.1) is 5.10 Å². The van der Waals surface area contributed by atoms with Gasteiger partial charge in [0, 0.05) is 31.7 Å². The maximum absolute atomic E-state index is 12.4. The van der Waals surface area contributed by atoms with Crippen molar-refractivity contribution >= 4 is 10.9 Å². The van der Waals surface area contributed by atoms with Gasteiger partial charge in [-0.25, -0.2) is 4.68 Å². The summed E-state index contributed by atoms with van der Waals surface area (Å²) in [5, 5.41) is 21.1. The molecule has 0 aliphatic rings. The Labute approximate surface area is 107 Å². The Morgan fingerprint density at radius 1 is 1.26 bits per heavy atom. The molecule has 2 heterocycles. The van der Waals surface area contributed by atoms with Crippen LogP contribution in [0, 0.1) is 0 Å². The molecule has 7 nitrogen and oxygen atoms in total. The number of pyridine rings is 1. The normalized spacial score (nSPS) is 11.1. The minimum absolute atomic E-state index is 0.121. The number of tetrazole rings is 1. The van der Waals surface area contributed by atoms with E-state index in [4.69, 9.17) is 0 Å². The summed E-state index contributed by atoms with van der Waals surface area (Å²) in [6, 6.07) is 4.64. The van der Waals surface area contributed by atoms with E-state index in [1.54, 1.807) is 37.0 Å². The first-order valence-electron chi connectivity index (χ1n) is 5.63. The molecule has 0 aliphatic carbocycles. The zero-order chi connectivity index (χ0) is 13.6. The fourth-order valence-electron chi connectivity index (χ4n) is 2.09. The Morgan fingerprint density at radius 2 is 2.05 bits per heavy atom. The van der Waals surface area contributed by atoms with Crippen LogP contribution >= 0.6 is 0 Å². The van der Waals surface area contributed by atoms with Crippen molar-refractivity contribution in [1.82, 2.24) is 24.8 Å². The Kier molecular flexibility index (Phi) is 2.34. The van der Waals surface area contributed by atoms with Gasteiger partial charge in [0.25, 0.3) is 0 Å². The van der Waals surface area contributed by atoms with E-state index >= 15 is 0 Å². The summed E-state index contributed by atoms with van der Waals surface area (Å²) in [4.78, 5) is 12.4. The highest BCUT2D eigenvalue weighted by molar-refractivity contribution is 5.84. The molecular weight excluding hydrogens is 246 g/mol. The molecule has 0 spiro atoms. The highest BCUT2D eigenvalue weighted by Crippen LogP contribution is 2.20. The molecule has 0 amide bonds. The molecule has 0 fully saturated rings. The Hall–Kier alpha value is -2.70. The fourth-order valence-corrected chi connectivity index (χ4v) is 2.09. The molecule has 0 atom stereocenters. The van der Waals surface area contributed by atoms with Gasteiger partial charge in [0.2, 0.25) is 0 Å². The lowest BCUT2D eigenvalue weighted by Crippen LogP contribution is -2.12. The number of rotatable bonds is 1. The predicted octanol–water partition coefficient (Wildman–Crippen LogP) is 0.435. The molecule has 19 heavy (non-hydrogen) atoms. The SMILES string of the molecule is Cn1nnnc1-c1cn(C)c2cc(O)ccc2c1=O. The number of aryl methyl sites for hydroxylation is 2. The van der Waals surface area contributed by atoms with Crippen LogP contribution in [0.1, 0.15) is 0 Å². The van der Waals surface area contributed by atoms with E-state index in [0.29, 0.717) is 22.3 Å².